The first-order valence-corrected chi connectivity index (χ1v) is 7.49. The van der Waals surface area contributed by atoms with Crippen LogP contribution in [-0.2, 0) is 19.1 Å². The summed E-state index contributed by atoms with van der Waals surface area (Å²) in [4.78, 5) is 35.8. The summed E-state index contributed by atoms with van der Waals surface area (Å²) in [7, 11) is 1.25. The number of aliphatic hydroxyl groups excluding tert-OH is 1. The van der Waals surface area contributed by atoms with Crippen LogP contribution in [0, 0.1) is 0 Å². The van der Waals surface area contributed by atoms with Crippen molar-refractivity contribution >= 4 is 29.6 Å². The van der Waals surface area contributed by atoms with Crippen molar-refractivity contribution in [3.8, 4) is 0 Å². The van der Waals surface area contributed by atoms with Crippen LogP contribution in [0.2, 0.25) is 0 Å². The summed E-state index contributed by atoms with van der Waals surface area (Å²) in [5, 5.41) is 21.0. The number of thioether (sulfide) groups is 1. The van der Waals surface area contributed by atoms with E-state index in [0.717, 1.165) is 0 Å². The van der Waals surface area contributed by atoms with E-state index < -0.39 is 30.5 Å². The van der Waals surface area contributed by atoms with Gasteiger partial charge in [0.25, 0.3) is 5.91 Å². The molecule has 0 radical (unpaired) electrons. The monoisotopic (exact) mass is 328 g/mol. The molecule has 0 spiro atoms. The van der Waals surface area contributed by atoms with Crippen molar-refractivity contribution < 1.29 is 29.3 Å². The zero-order chi connectivity index (χ0) is 16.4. The maximum absolute atomic E-state index is 12.2. The van der Waals surface area contributed by atoms with Crippen LogP contribution >= 0.6 is 11.8 Å². The minimum absolute atomic E-state index is 0.149. The second-order valence-corrected chi connectivity index (χ2v) is 5.90. The fourth-order valence-electron chi connectivity index (χ4n) is 2.33. The molecular formula is C13H16N2O6S. The van der Waals surface area contributed by atoms with Gasteiger partial charge in [-0.2, -0.15) is 0 Å². The van der Waals surface area contributed by atoms with Gasteiger partial charge in [0.05, 0.1) is 13.7 Å². The molecule has 2 atom stereocenters. The van der Waals surface area contributed by atoms with Gasteiger partial charge in [-0.1, -0.05) is 0 Å². The lowest BCUT2D eigenvalue weighted by Gasteiger charge is -2.49. The number of rotatable bonds is 5. The van der Waals surface area contributed by atoms with Gasteiger partial charge in [-0.05, 0) is 12.5 Å². The Balaban J connectivity index is 2.15. The minimum Gasteiger partial charge on any atom is -0.477 e. The highest BCUT2D eigenvalue weighted by molar-refractivity contribution is 8.00. The summed E-state index contributed by atoms with van der Waals surface area (Å²) in [5.74, 6) is -1.84. The van der Waals surface area contributed by atoms with Gasteiger partial charge in [0.1, 0.15) is 17.1 Å². The van der Waals surface area contributed by atoms with Crippen LogP contribution in [0.15, 0.2) is 23.0 Å². The van der Waals surface area contributed by atoms with Crippen LogP contribution in [0.25, 0.3) is 0 Å². The largest absolute Gasteiger partial charge is 0.477 e. The normalized spacial score (nSPS) is 24.6. The number of nitrogens with zero attached hydrogens (tertiary/aromatic N) is 1. The fourth-order valence-corrected chi connectivity index (χ4v) is 3.66. The molecule has 0 bridgehead atoms. The molecular weight excluding hydrogens is 312 g/mol. The standard InChI is InChI=1S/C13H16N2O6S/c1-6(3-8(17)21-2)14-9-11(18)15-10(13(19)20)7(4-16)5-22-12(9)15/h3,9,12,14,16H,4-5H2,1-2H3,(H,19,20)/b6-3+/t9-,12-/m1/s1. The molecule has 1 amide bonds. The Labute approximate surface area is 130 Å². The number of hydrogen-bond donors (Lipinski definition) is 3. The molecule has 2 heterocycles. The molecule has 8 nitrogen and oxygen atoms in total. The van der Waals surface area contributed by atoms with Crippen LogP contribution in [0.3, 0.4) is 0 Å². The Morgan fingerprint density at radius 2 is 2.23 bits per heavy atom. The molecule has 0 aromatic rings. The van der Waals surface area contributed by atoms with Crippen molar-refractivity contribution in [2.75, 3.05) is 19.5 Å². The number of carboxylic acid groups (broad SMARTS) is 1. The van der Waals surface area contributed by atoms with E-state index in [2.05, 4.69) is 10.1 Å². The number of allylic oxidation sites excluding steroid dienone is 1. The number of amides is 1. The molecule has 0 aromatic carbocycles. The molecule has 0 unspecified atom stereocenters. The number of methoxy groups -OCH3 is 1. The Morgan fingerprint density at radius 3 is 2.77 bits per heavy atom. The topological polar surface area (TPSA) is 116 Å². The van der Waals surface area contributed by atoms with E-state index in [1.165, 1.54) is 29.8 Å². The van der Waals surface area contributed by atoms with Gasteiger partial charge in [-0.3, -0.25) is 9.69 Å². The molecule has 2 aliphatic heterocycles. The van der Waals surface area contributed by atoms with E-state index in [0.29, 0.717) is 17.0 Å². The van der Waals surface area contributed by atoms with Crippen molar-refractivity contribution in [2.24, 2.45) is 0 Å². The van der Waals surface area contributed by atoms with Gasteiger partial charge in [0.2, 0.25) is 0 Å². The summed E-state index contributed by atoms with van der Waals surface area (Å²) in [6.45, 7) is 1.22. The van der Waals surface area contributed by atoms with Gasteiger partial charge < -0.3 is 20.3 Å². The average molecular weight is 328 g/mol. The van der Waals surface area contributed by atoms with Crippen LogP contribution in [-0.4, -0.2) is 63.8 Å². The summed E-state index contributed by atoms with van der Waals surface area (Å²) < 4.78 is 4.50. The third-order valence-electron chi connectivity index (χ3n) is 3.36. The number of nitrogens with one attached hydrogen (secondary N) is 1. The molecule has 22 heavy (non-hydrogen) atoms. The Kier molecular flexibility index (Phi) is 4.77. The number of carbonyl (C=O) groups excluding carboxylic acids is 2. The Bertz CT molecular complexity index is 585. The fraction of sp³-hybridized carbons (Fsp3) is 0.462. The summed E-state index contributed by atoms with van der Waals surface area (Å²) in [6, 6.07) is -0.611. The molecule has 1 saturated heterocycles. The number of β-lactam (4-membered cyclic amide) rings is 1. The van der Waals surface area contributed by atoms with Crippen molar-refractivity contribution in [3.63, 3.8) is 0 Å². The molecule has 2 aliphatic rings. The van der Waals surface area contributed by atoms with Gasteiger partial charge in [-0.25, -0.2) is 9.59 Å². The van der Waals surface area contributed by atoms with Crippen molar-refractivity contribution in [2.45, 2.75) is 18.3 Å². The van der Waals surface area contributed by atoms with E-state index in [1.807, 2.05) is 0 Å². The second kappa shape index (κ2) is 6.41. The van der Waals surface area contributed by atoms with Crippen LogP contribution in [0.5, 0.6) is 0 Å². The number of esters is 1. The first-order chi connectivity index (χ1) is 10.4. The zero-order valence-electron chi connectivity index (χ0n) is 12.0. The van der Waals surface area contributed by atoms with Crippen molar-refractivity contribution in [1.82, 2.24) is 10.2 Å². The number of carbonyl (C=O) groups is 3. The average Bonchev–Trinajstić information content (AvgIpc) is 2.50. The number of aliphatic carboxylic acids is 1. The first-order valence-electron chi connectivity index (χ1n) is 6.44. The summed E-state index contributed by atoms with van der Waals surface area (Å²) >= 11 is 1.36. The third-order valence-corrected chi connectivity index (χ3v) is 4.70. The van der Waals surface area contributed by atoms with E-state index in [9.17, 15) is 24.6 Å². The molecule has 120 valence electrons. The third kappa shape index (κ3) is 2.81. The predicted octanol–water partition coefficient (Wildman–Crippen LogP) is -0.732. The number of aliphatic hydroxyl groups is 1. The molecule has 0 aliphatic carbocycles. The van der Waals surface area contributed by atoms with Gasteiger partial charge in [0, 0.05) is 17.5 Å². The van der Waals surface area contributed by atoms with Gasteiger partial charge >= 0.3 is 11.9 Å². The highest BCUT2D eigenvalue weighted by Gasteiger charge is 2.53. The molecule has 0 aromatic heterocycles. The van der Waals surface area contributed by atoms with E-state index >= 15 is 0 Å². The quantitative estimate of drug-likeness (QED) is 0.343. The lowest BCUT2D eigenvalue weighted by Crippen LogP contribution is -2.69. The van der Waals surface area contributed by atoms with Crippen LogP contribution in [0.4, 0.5) is 0 Å². The maximum Gasteiger partial charge on any atom is 0.352 e. The smallest absolute Gasteiger partial charge is 0.352 e. The SMILES string of the molecule is COC(=O)/C=C(\C)N[C@@H]1C(=O)N2C(C(=O)O)=C(CO)CS[C@H]12. The lowest BCUT2D eigenvalue weighted by atomic mass is 10.0. The predicted molar refractivity (Wildman–Crippen MR) is 77.5 cm³/mol. The van der Waals surface area contributed by atoms with E-state index in [4.69, 9.17) is 0 Å². The van der Waals surface area contributed by atoms with Gasteiger partial charge in [0.15, 0.2) is 0 Å². The second-order valence-electron chi connectivity index (χ2n) is 4.80. The minimum atomic E-state index is -1.23. The molecule has 9 heteroatoms. The van der Waals surface area contributed by atoms with Crippen LogP contribution < -0.4 is 5.32 Å². The summed E-state index contributed by atoms with van der Waals surface area (Å²) in [5.41, 5.74) is 0.630. The highest BCUT2D eigenvalue weighted by atomic mass is 32.2. The summed E-state index contributed by atoms with van der Waals surface area (Å²) in [6.07, 6.45) is 1.22. The maximum atomic E-state index is 12.2. The molecule has 3 N–H and O–H groups in total. The number of hydrogen-bond acceptors (Lipinski definition) is 7. The number of ether oxygens (including phenoxy) is 1. The molecule has 0 saturated carbocycles. The van der Waals surface area contributed by atoms with Crippen molar-refractivity contribution in [3.05, 3.63) is 23.0 Å². The highest BCUT2D eigenvalue weighted by Crippen LogP contribution is 2.40. The molecule has 2 rings (SSSR count). The molecule has 1 fully saturated rings. The first kappa shape index (κ1) is 16.4. The van der Waals surface area contributed by atoms with Gasteiger partial charge in [-0.15, -0.1) is 11.8 Å². The Hall–Kier alpha value is -2.00. The number of fused-ring (bicyclic) bond motifs is 1. The van der Waals surface area contributed by atoms with E-state index in [-0.39, 0.29) is 11.1 Å². The Morgan fingerprint density at radius 1 is 1.55 bits per heavy atom. The van der Waals surface area contributed by atoms with Crippen molar-refractivity contribution in [1.29, 1.82) is 0 Å². The zero-order valence-corrected chi connectivity index (χ0v) is 12.8. The lowest BCUT2D eigenvalue weighted by molar-refractivity contribution is -0.149. The van der Waals surface area contributed by atoms with Crippen LogP contribution in [0.1, 0.15) is 6.92 Å². The number of carboxylic acids is 1. The van der Waals surface area contributed by atoms with E-state index in [1.54, 1.807) is 6.92 Å².